The van der Waals surface area contributed by atoms with Crippen LogP contribution in [0.3, 0.4) is 0 Å². The summed E-state index contributed by atoms with van der Waals surface area (Å²) in [5.41, 5.74) is 0.383. The van der Waals surface area contributed by atoms with E-state index in [1.54, 1.807) is 0 Å². The van der Waals surface area contributed by atoms with Gasteiger partial charge < -0.3 is 4.74 Å². The highest BCUT2D eigenvalue weighted by molar-refractivity contribution is 6.51. The zero-order chi connectivity index (χ0) is 11.4. The van der Waals surface area contributed by atoms with Crippen molar-refractivity contribution < 1.29 is 18.7 Å². The first kappa shape index (κ1) is 11.1. The van der Waals surface area contributed by atoms with E-state index in [2.05, 4.69) is 11.3 Å². The van der Waals surface area contributed by atoms with E-state index in [0.717, 1.165) is 7.11 Å². The van der Waals surface area contributed by atoms with Crippen LogP contribution in [0.5, 0.6) is 0 Å². The van der Waals surface area contributed by atoms with E-state index < -0.39 is 17.6 Å². The molecule has 0 aromatic heterocycles. The van der Waals surface area contributed by atoms with E-state index in [4.69, 9.17) is 0 Å². The quantitative estimate of drug-likeness (QED) is 0.430. The minimum atomic E-state index is -0.982. The molecule has 0 saturated heterocycles. The van der Waals surface area contributed by atoms with Crippen LogP contribution in [0.4, 0.5) is 4.39 Å². The zero-order valence-electron chi connectivity index (χ0n) is 8.12. The van der Waals surface area contributed by atoms with Gasteiger partial charge in [0.05, 0.1) is 7.11 Å². The van der Waals surface area contributed by atoms with Crippen LogP contribution in [0, 0.1) is 5.82 Å². The van der Waals surface area contributed by atoms with Crippen LogP contribution in [0.15, 0.2) is 30.8 Å². The van der Waals surface area contributed by atoms with Gasteiger partial charge >= 0.3 is 5.97 Å². The van der Waals surface area contributed by atoms with Crippen molar-refractivity contribution >= 4 is 17.3 Å². The fourth-order valence-electron chi connectivity index (χ4n) is 0.998. The first-order valence-corrected chi connectivity index (χ1v) is 4.13. The van der Waals surface area contributed by atoms with Crippen molar-refractivity contribution in [3.63, 3.8) is 0 Å². The van der Waals surface area contributed by atoms with Crippen molar-refractivity contribution in [2.24, 2.45) is 0 Å². The van der Waals surface area contributed by atoms with Crippen LogP contribution >= 0.6 is 0 Å². The Morgan fingerprint density at radius 1 is 1.27 bits per heavy atom. The summed E-state index contributed by atoms with van der Waals surface area (Å²) in [5.74, 6) is -2.23. The van der Waals surface area contributed by atoms with Gasteiger partial charge in [0.1, 0.15) is 5.82 Å². The average Bonchev–Trinajstić information content (AvgIpc) is 2.27. The van der Waals surface area contributed by atoms with Crippen LogP contribution in [-0.2, 0) is 14.3 Å². The van der Waals surface area contributed by atoms with Crippen LogP contribution in [0.2, 0.25) is 0 Å². The number of benzene rings is 1. The number of ether oxygens (including phenoxy) is 1. The second kappa shape index (κ2) is 4.50. The molecular formula is C11H9FO3. The Labute approximate surface area is 86.2 Å². The largest absolute Gasteiger partial charge is 0.463 e. The van der Waals surface area contributed by atoms with Gasteiger partial charge in [-0.05, 0) is 17.7 Å². The van der Waals surface area contributed by atoms with E-state index in [1.165, 1.54) is 24.3 Å². The highest BCUT2D eigenvalue weighted by Gasteiger charge is 2.18. The molecule has 0 fully saturated rings. The summed E-state index contributed by atoms with van der Waals surface area (Å²) in [4.78, 5) is 22.2. The molecule has 0 spiro atoms. The minimum Gasteiger partial charge on any atom is -0.463 e. The maximum atomic E-state index is 12.6. The first-order valence-electron chi connectivity index (χ1n) is 4.13. The van der Waals surface area contributed by atoms with E-state index >= 15 is 0 Å². The molecule has 0 unspecified atom stereocenters. The third-order valence-electron chi connectivity index (χ3n) is 1.84. The lowest BCUT2D eigenvalue weighted by atomic mass is 10.0. The molecule has 1 aromatic rings. The molecular weight excluding hydrogens is 199 g/mol. The standard InChI is InChI=1S/C11H9FO3/c1-7(10(13)11(14)15-2)8-3-5-9(12)6-4-8/h3-6H,1H2,2H3. The van der Waals surface area contributed by atoms with Crippen molar-refractivity contribution in [3.05, 3.63) is 42.2 Å². The van der Waals surface area contributed by atoms with Gasteiger partial charge in [-0.1, -0.05) is 18.7 Å². The van der Waals surface area contributed by atoms with Crippen molar-refractivity contribution in [1.82, 2.24) is 0 Å². The van der Waals surface area contributed by atoms with Gasteiger partial charge in [-0.25, -0.2) is 9.18 Å². The third kappa shape index (κ3) is 2.49. The van der Waals surface area contributed by atoms with Crippen LogP contribution < -0.4 is 0 Å². The van der Waals surface area contributed by atoms with Crippen molar-refractivity contribution in [1.29, 1.82) is 0 Å². The second-order valence-corrected chi connectivity index (χ2v) is 2.81. The summed E-state index contributed by atoms with van der Waals surface area (Å²) >= 11 is 0. The molecule has 0 aliphatic heterocycles. The van der Waals surface area contributed by atoms with Crippen molar-refractivity contribution in [3.8, 4) is 0 Å². The van der Waals surface area contributed by atoms with Crippen LogP contribution in [0.25, 0.3) is 5.57 Å². The van der Waals surface area contributed by atoms with Gasteiger partial charge in [0.25, 0.3) is 5.78 Å². The summed E-state index contributed by atoms with van der Waals surface area (Å²) in [7, 11) is 1.11. The lowest BCUT2D eigenvalue weighted by Crippen LogP contribution is -2.16. The van der Waals surface area contributed by atoms with Crippen molar-refractivity contribution in [2.75, 3.05) is 7.11 Å². The number of Topliss-reactive ketones (excluding diaryl/α,β-unsaturated/α-hetero) is 1. The fourth-order valence-corrected chi connectivity index (χ4v) is 0.998. The molecule has 0 aliphatic carbocycles. The number of carbonyl (C=O) groups excluding carboxylic acids is 2. The van der Waals surface area contributed by atoms with Gasteiger partial charge in [-0.3, -0.25) is 4.79 Å². The van der Waals surface area contributed by atoms with Gasteiger partial charge in [-0.15, -0.1) is 0 Å². The summed E-state index contributed by atoms with van der Waals surface area (Å²) < 4.78 is 16.8. The normalized spacial score (nSPS) is 9.47. The Morgan fingerprint density at radius 3 is 2.27 bits per heavy atom. The highest BCUT2D eigenvalue weighted by Crippen LogP contribution is 2.14. The molecule has 3 nitrogen and oxygen atoms in total. The lowest BCUT2D eigenvalue weighted by Gasteiger charge is -2.02. The number of halogens is 1. The van der Waals surface area contributed by atoms with Gasteiger partial charge in [0, 0.05) is 5.57 Å². The highest BCUT2D eigenvalue weighted by atomic mass is 19.1. The summed E-state index contributed by atoms with van der Waals surface area (Å²) in [6, 6.07) is 5.12. The fraction of sp³-hybridized carbons (Fsp3) is 0.0909. The molecule has 0 saturated carbocycles. The number of carbonyl (C=O) groups is 2. The maximum absolute atomic E-state index is 12.6. The van der Waals surface area contributed by atoms with Gasteiger partial charge in [0.15, 0.2) is 0 Å². The van der Waals surface area contributed by atoms with Gasteiger partial charge in [0.2, 0.25) is 0 Å². The molecule has 0 amide bonds. The smallest absolute Gasteiger partial charge is 0.379 e. The number of hydrogen-bond donors (Lipinski definition) is 0. The molecule has 0 radical (unpaired) electrons. The Bertz CT molecular complexity index is 406. The van der Waals surface area contributed by atoms with E-state index in [-0.39, 0.29) is 5.57 Å². The molecule has 78 valence electrons. The van der Waals surface area contributed by atoms with Crippen molar-refractivity contribution in [2.45, 2.75) is 0 Å². The molecule has 4 heteroatoms. The first-order chi connectivity index (χ1) is 7.06. The second-order valence-electron chi connectivity index (χ2n) is 2.81. The number of methoxy groups -OCH3 is 1. The molecule has 0 bridgehead atoms. The number of esters is 1. The topological polar surface area (TPSA) is 43.4 Å². The van der Waals surface area contributed by atoms with E-state index in [0.29, 0.717) is 5.56 Å². The average molecular weight is 208 g/mol. The monoisotopic (exact) mass is 208 g/mol. The molecule has 0 N–H and O–H groups in total. The molecule has 0 atom stereocenters. The van der Waals surface area contributed by atoms with E-state index in [1.807, 2.05) is 0 Å². The summed E-state index contributed by atoms with van der Waals surface area (Å²) in [5, 5.41) is 0. The summed E-state index contributed by atoms with van der Waals surface area (Å²) in [6.45, 7) is 3.45. The van der Waals surface area contributed by atoms with Crippen LogP contribution in [-0.4, -0.2) is 18.9 Å². The zero-order valence-corrected chi connectivity index (χ0v) is 8.12. The molecule has 0 aliphatic rings. The Morgan fingerprint density at radius 2 is 1.80 bits per heavy atom. The summed E-state index contributed by atoms with van der Waals surface area (Å²) in [6.07, 6.45) is 0. The van der Waals surface area contributed by atoms with Gasteiger partial charge in [-0.2, -0.15) is 0 Å². The number of rotatable bonds is 3. The molecule has 1 rings (SSSR count). The van der Waals surface area contributed by atoms with Crippen LogP contribution in [0.1, 0.15) is 5.56 Å². The molecule has 15 heavy (non-hydrogen) atoms. The maximum Gasteiger partial charge on any atom is 0.379 e. The Kier molecular flexibility index (Phi) is 3.33. The third-order valence-corrected chi connectivity index (χ3v) is 1.84. The minimum absolute atomic E-state index is 0.0122. The number of hydrogen-bond acceptors (Lipinski definition) is 3. The molecule has 1 aromatic carbocycles. The lowest BCUT2D eigenvalue weighted by molar-refractivity contribution is -0.148. The Hall–Kier alpha value is -1.97. The number of ketones is 1. The SMILES string of the molecule is C=C(C(=O)C(=O)OC)c1ccc(F)cc1. The predicted octanol–water partition coefficient (Wildman–Crippen LogP) is 1.58. The Balaban J connectivity index is 2.90. The van der Waals surface area contributed by atoms with E-state index in [9.17, 15) is 14.0 Å². The molecule has 0 heterocycles. The predicted molar refractivity (Wildman–Crippen MR) is 52.5 cm³/mol.